The van der Waals surface area contributed by atoms with Crippen LogP contribution in [-0.2, 0) is 5.75 Å². The molecule has 3 N–H and O–H groups in total. The lowest BCUT2D eigenvalue weighted by molar-refractivity contribution is 0.280. The molecule has 3 heteroatoms. The molecule has 1 atom stereocenters. The van der Waals surface area contributed by atoms with Crippen molar-refractivity contribution in [2.75, 3.05) is 0 Å². The summed E-state index contributed by atoms with van der Waals surface area (Å²) >= 11 is 1.38. The lowest BCUT2D eigenvalue weighted by atomic mass is 9.72. The Labute approximate surface area is 128 Å². The molecule has 0 amide bonds. The molecule has 0 aliphatic rings. The summed E-state index contributed by atoms with van der Waals surface area (Å²) in [7, 11) is 0. The number of thioether (sulfide) groups is 1. The van der Waals surface area contributed by atoms with Crippen molar-refractivity contribution in [1.29, 1.82) is 5.41 Å². The number of hydrogen-bond acceptors (Lipinski definition) is 2. The summed E-state index contributed by atoms with van der Waals surface area (Å²) in [5.41, 5.74) is 8.30. The van der Waals surface area contributed by atoms with E-state index in [0.29, 0.717) is 11.8 Å². The fraction of sp³-hybridized carbons (Fsp3) is 0.588. The molecule has 0 fully saturated rings. The van der Waals surface area contributed by atoms with Gasteiger partial charge in [0.1, 0.15) is 0 Å². The quantitative estimate of drug-likeness (QED) is 0.593. The van der Waals surface area contributed by atoms with Gasteiger partial charge in [-0.25, -0.2) is 0 Å². The minimum absolute atomic E-state index is 0.182. The molecular weight excluding hydrogens is 264 g/mol. The predicted octanol–water partition coefficient (Wildman–Crippen LogP) is 4.99. The van der Waals surface area contributed by atoms with Crippen molar-refractivity contribution >= 4 is 16.9 Å². The third-order valence-electron chi connectivity index (χ3n) is 3.53. The van der Waals surface area contributed by atoms with Gasteiger partial charge >= 0.3 is 0 Å². The topological polar surface area (TPSA) is 49.9 Å². The Balaban J connectivity index is 2.85. The molecule has 0 aliphatic carbocycles. The molecule has 1 rings (SSSR count). The molecule has 0 saturated carbocycles. The minimum Gasteiger partial charge on any atom is -0.379 e. The zero-order chi connectivity index (χ0) is 15.3. The summed E-state index contributed by atoms with van der Waals surface area (Å²) < 4.78 is 0. The fourth-order valence-corrected chi connectivity index (χ4v) is 2.98. The Morgan fingerprint density at radius 3 is 2.15 bits per heavy atom. The molecule has 112 valence electrons. The van der Waals surface area contributed by atoms with Crippen molar-refractivity contribution in [3.05, 3.63) is 35.4 Å². The molecule has 1 aromatic carbocycles. The van der Waals surface area contributed by atoms with Gasteiger partial charge in [0.05, 0.1) is 0 Å². The number of rotatable bonds is 5. The summed E-state index contributed by atoms with van der Waals surface area (Å²) in [5, 5.41) is 7.44. The normalized spacial score (nSPS) is 13.5. The summed E-state index contributed by atoms with van der Waals surface area (Å²) in [6, 6.07) is 8.83. The maximum Gasteiger partial charge on any atom is 0.151 e. The summed E-state index contributed by atoms with van der Waals surface area (Å²) in [5.74, 6) is 2.06. The first kappa shape index (κ1) is 17.1. The van der Waals surface area contributed by atoms with E-state index in [2.05, 4.69) is 58.9 Å². The molecule has 0 bridgehead atoms. The van der Waals surface area contributed by atoms with Gasteiger partial charge in [0.25, 0.3) is 0 Å². The van der Waals surface area contributed by atoms with E-state index in [4.69, 9.17) is 11.1 Å². The van der Waals surface area contributed by atoms with Crippen LogP contribution in [0.5, 0.6) is 0 Å². The van der Waals surface area contributed by atoms with E-state index in [-0.39, 0.29) is 10.6 Å². The van der Waals surface area contributed by atoms with E-state index >= 15 is 0 Å². The zero-order valence-corrected chi connectivity index (χ0v) is 14.2. The van der Waals surface area contributed by atoms with Crippen LogP contribution in [0.3, 0.4) is 0 Å². The molecule has 2 nitrogen and oxygen atoms in total. The molecule has 0 saturated heterocycles. The Hall–Kier alpha value is -0.960. The van der Waals surface area contributed by atoms with Gasteiger partial charge in [0.15, 0.2) is 5.17 Å². The highest BCUT2D eigenvalue weighted by Gasteiger charge is 2.26. The van der Waals surface area contributed by atoms with Crippen LogP contribution in [0.4, 0.5) is 0 Å². The van der Waals surface area contributed by atoms with Crippen molar-refractivity contribution in [2.24, 2.45) is 17.1 Å². The van der Waals surface area contributed by atoms with Crippen molar-refractivity contribution < 1.29 is 0 Å². The van der Waals surface area contributed by atoms with Crippen molar-refractivity contribution in [3.63, 3.8) is 0 Å². The first-order chi connectivity index (χ1) is 9.20. The van der Waals surface area contributed by atoms with Crippen LogP contribution < -0.4 is 5.73 Å². The van der Waals surface area contributed by atoms with E-state index in [0.717, 1.165) is 5.75 Å². The van der Waals surface area contributed by atoms with Crippen LogP contribution in [0, 0.1) is 16.7 Å². The summed E-state index contributed by atoms with van der Waals surface area (Å²) in [6.45, 7) is 11.5. The molecular formula is C17H28N2S. The first-order valence-corrected chi connectivity index (χ1v) is 8.24. The van der Waals surface area contributed by atoms with Crippen LogP contribution in [0.1, 0.15) is 58.1 Å². The van der Waals surface area contributed by atoms with Gasteiger partial charge in [-0.1, -0.05) is 70.6 Å². The average molecular weight is 292 g/mol. The van der Waals surface area contributed by atoms with Gasteiger partial charge in [0, 0.05) is 5.75 Å². The second kappa shape index (κ2) is 7.16. The maximum atomic E-state index is 7.25. The highest BCUT2D eigenvalue weighted by molar-refractivity contribution is 8.13. The van der Waals surface area contributed by atoms with Crippen molar-refractivity contribution in [1.82, 2.24) is 0 Å². The van der Waals surface area contributed by atoms with Crippen LogP contribution in [-0.4, -0.2) is 5.17 Å². The van der Waals surface area contributed by atoms with Crippen molar-refractivity contribution in [2.45, 2.75) is 52.7 Å². The molecule has 0 radical (unpaired) electrons. The van der Waals surface area contributed by atoms with Gasteiger partial charge in [-0.3, -0.25) is 5.41 Å². The van der Waals surface area contributed by atoms with Crippen molar-refractivity contribution in [3.8, 4) is 0 Å². The van der Waals surface area contributed by atoms with Gasteiger partial charge in [-0.2, -0.15) is 0 Å². The van der Waals surface area contributed by atoms with E-state index in [9.17, 15) is 0 Å². The van der Waals surface area contributed by atoms with Gasteiger partial charge < -0.3 is 5.73 Å². The highest BCUT2D eigenvalue weighted by Crippen LogP contribution is 2.39. The summed E-state index contributed by atoms with van der Waals surface area (Å²) in [6.07, 6.45) is 1.21. The molecule has 0 aliphatic heterocycles. The van der Waals surface area contributed by atoms with E-state index in [1.807, 2.05) is 0 Å². The second-order valence-corrected chi connectivity index (χ2v) is 7.96. The van der Waals surface area contributed by atoms with E-state index in [1.54, 1.807) is 0 Å². The smallest absolute Gasteiger partial charge is 0.151 e. The Morgan fingerprint density at radius 2 is 1.75 bits per heavy atom. The Bertz CT molecular complexity index is 429. The SMILES string of the molecule is CC(C)CC(c1ccc(CSC(=N)N)cc1)C(C)(C)C. The maximum absolute atomic E-state index is 7.25. The molecule has 1 unspecified atom stereocenters. The number of nitrogens with one attached hydrogen (secondary N) is 1. The first-order valence-electron chi connectivity index (χ1n) is 7.25. The lowest BCUT2D eigenvalue weighted by Gasteiger charge is -2.32. The second-order valence-electron chi connectivity index (χ2n) is 6.94. The van der Waals surface area contributed by atoms with Gasteiger partial charge in [-0.15, -0.1) is 0 Å². The van der Waals surface area contributed by atoms with Gasteiger partial charge in [-0.05, 0) is 34.8 Å². The monoisotopic (exact) mass is 292 g/mol. The number of amidine groups is 1. The standard InChI is InChI=1S/C17H28N2S/c1-12(2)10-15(17(3,4)5)14-8-6-13(7-9-14)11-20-16(18)19/h6-9,12,15H,10-11H2,1-5H3,(H3,18,19). The number of benzene rings is 1. The van der Waals surface area contributed by atoms with Crippen LogP contribution in [0.2, 0.25) is 0 Å². The number of hydrogen-bond donors (Lipinski definition) is 2. The largest absolute Gasteiger partial charge is 0.379 e. The molecule has 0 heterocycles. The van der Waals surface area contributed by atoms with Crippen LogP contribution >= 0.6 is 11.8 Å². The summed E-state index contributed by atoms with van der Waals surface area (Å²) in [4.78, 5) is 0. The van der Waals surface area contributed by atoms with Gasteiger partial charge in [0.2, 0.25) is 0 Å². The van der Waals surface area contributed by atoms with Crippen LogP contribution in [0.25, 0.3) is 0 Å². The molecule has 0 spiro atoms. The zero-order valence-electron chi connectivity index (χ0n) is 13.4. The number of nitrogens with two attached hydrogens (primary N) is 1. The fourth-order valence-electron chi connectivity index (χ4n) is 2.47. The predicted molar refractivity (Wildman–Crippen MR) is 91.3 cm³/mol. The Kier molecular flexibility index (Phi) is 6.12. The average Bonchev–Trinajstić information content (AvgIpc) is 2.33. The third-order valence-corrected chi connectivity index (χ3v) is 4.32. The third kappa shape index (κ3) is 5.58. The Morgan fingerprint density at radius 1 is 1.20 bits per heavy atom. The molecule has 0 aromatic heterocycles. The highest BCUT2D eigenvalue weighted by atomic mass is 32.2. The molecule has 20 heavy (non-hydrogen) atoms. The van der Waals surface area contributed by atoms with E-state index < -0.39 is 0 Å². The molecule has 1 aromatic rings. The lowest BCUT2D eigenvalue weighted by Crippen LogP contribution is -2.20. The van der Waals surface area contributed by atoms with E-state index in [1.165, 1.54) is 29.3 Å². The minimum atomic E-state index is 0.182. The van der Waals surface area contributed by atoms with Crippen LogP contribution in [0.15, 0.2) is 24.3 Å².